The molecule has 0 heterocycles. The molecule has 0 bridgehead atoms. The molecule has 0 aromatic carbocycles. The van der Waals surface area contributed by atoms with E-state index in [1.54, 1.807) is 6.92 Å². The first-order chi connectivity index (χ1) is 4.88. The Hall–Kier alpha value is -0.770. The van der Waals surface area contributed by atoms with Crippen molar-refractivity contribution in [1.82, 2.24) is 0 Å². The van der Waals surface area contributed by atoms with E-state index >= 15 is 0 Å². The fourth-order valence-corrected chi connectivity index (χ4v) is 0.343. The lowest BCUT2D eigenvalue weighted by molar-refractivity contribution is -0.208. The monoisotopic (exact) mass is 162 g/mol. The van der Waals surface area contributed by atoms with Crippen LogP contribution < -0.4 is 0 Å². The zero-order valence-electron chi connectivity index (χ0n) is 7.25. The molecule has 0 rings (SSSR count). The second-order valence-corrected chi connectivity index (χ2v) is 3.47. The molecule has 4 heteroatoms. The molecule has 0 aliphatic rings. The van der Waals surface area contributed by atoms with Gasteiger partial charge in [0.15, 0.2) is 0 Å². The molecule has 11 heavy (non-hydrogen) atoms. The van der Waals surface area contributed by atoms with E-state index in [9.17, 15) is 4.79 Å². The highest BCUT2D eigenvalue weighted by atomic mass is 17.1. The quantitative estimate of drug-likeness (QED) is 0.364. The van der Waals surface area contributed by atoms with E-state index in [1.165, 1.54) is 0 Å². The highest BCUT2D eigenvalue weighted by Gasteiger charge is 2.24. The summed E-state index contributed by atoms with van der Waals surface area (Å²) in [7, 11) is 0. The van der Waals surface area contributed by atoms with Gasteiger partial charge in [-0.25, -0.2) is 4.79 Å². The van der Waals surface area contributed by atoms with Crippen LogP contribution in [0.3, 0.4) is 0 Å². The first-order valence-electron chi connectivity index (χ1n) is 3.40. The summed E-state index contributed by atoms with van der Waals surface area (Å²) in [6.07, 6.45) is -1.35. The van der Waals surface area contributed by atoms with Gasteiger partial charge in [0, 0.05) is 0 Å². The number of rotatable bonds is 1. The van der Waals surface area contributed by atoms with Crippen molar-refractivity contribution in [1.29, 1.82) is 0 Å². The molecule has 0 amide bonds. The summed E-state index contributed by atoms with van der Waals surface area (Å²) in [5.74, 6) is 0. The van der Waals surface area contributed by atoms with Gasteiger partial charge in [-0.15, -0.1) is 0 Å². The molecule has 0 radical (unpaired) electrons. The van der Waals surface area contributed by atoms with Crippen LogP contribution in [0.2, 0.25) is 0 Å². The van der Waals surface area contributed by atoms with Crippen molar-refractivity contribution in [2.75, 3.05) is 0 Å². The molecule has 1 atom stereocenters. The molecule has 4 nitrogen and oxygen atoms in total. The number of hydrogen-bond donors (Lipinski definition) is 1. The average molecular weight is 162 g/mol. The average Bonchev–Trinajstić information content (AvgIpc) is 1.85. The second-order valence-electron chi connectivity index (χ2n) is 3.47. The first kappa shape index (κ1) is 10.2. The second kappa shape index (κ2) is 3.57. The van der Waals surface area contributed by atoms with Gasteiger partial charge in [-0.05, 0) is 12.3 Å². The summed E-state index contributed by atoms with van der Waals surface area (Å²) in [4.78, 5) is 13.7. The minimum absolute atomic E-state index is 0.145. The van der Waals surface area contributed by atoms with E-state index in [0.29, 0.717) is 0 Å². The molecular weight excluding hydrogens is 148 g/mol. The van der Waals surface area contributed by atoms with Gasteiger partial charge in [0.2, 0.25) is 0 Å². The zero-order valence-corrected chi connectivity index (χ0v) is 7.25. The standard InChI is InChI=1S/C7H14O4/c1-5(7(2,3)4)10-6(8)11-9/h5,9H,1-4H3. The molecule has 1 unspecified atom stereocenters. The van der Waals surface area contributed by atoms with Crippen LogP contribution in [0, 0.1) is 5.41 Å². The Balaban J connectivity index is 3.87. The highest BCUT2D eigenvalue weighted by Crippen LogP contribution is 2.21. The molecule has 0 fully saturated rings. The Morgan fingerprint density at radius 1 is 1.45 bits per heavy atom. The zero-order chi connectivity index (χ0) is 9.07. The van der Waals surface area contributed by atoms with E-state index in [4.69, 9.17) is 5.26 Å². The Morgan fingerprint density at radius 3 is 2.18 bits per heavy atom. The number of ether oxygens (including phenoxy) is 1. The molecule has 0 aliphatic carbocycles. The summed E-state index contributed by atoms with van der Waals surface area (Å²) >= 11 is 0. The molecule has 0 saturated heterocycles. The third-order valence-corrected chi connectivity index (χ3v) is 1.57. The van der Waals surface area contributed by atoms with Crippen LogP contribution in [0.4, 0.5) is 4.79 Å². The van der Waals surface area contributed by atoms with Crippen molar-refractivity contribution < 1.29 is 19.7 Å². The number of hydrogen-bond acceptors (Lipinski definition) is 4. The van der Waals surface area contributed by atoms with Gasteiger partial charge in [0.25, 0.3) is 0 Å². The van der Waals surface area contributed by atoms with Crippen molar-refractivity contribution in [3.05, 3.63) is 0 Å². The normalized spacial score (nSPS) is 13.9. The Morgan fingerprint density at radius 2 is 1.91 bits per heavy atom. The summed E-state index contributed by atoms with van der Waals surface area (Å²) in [5.41, 5.74) is -0.145. The fraction of sp³-hybridized carbons (Fsp3) is 0.857. The molecule has 0 saturated carbocycles. The van der Waals surface area contributed by atoms with Gasteiger partial charge in [-0.1, -0.05) is 20.8 Å². The van der Waals surface area contributed by atoms with E-state index in [2.05, 4.69) is 9.62 Å². The highest BCUT2D eigenvalue weighted by molar-refractivity contribution is 5.59. The van der Waals surface area contributed by atoms with E-state index < -0.39 is 6.16 Å². The van der Waals surface area contributed by atoms with Crippen molar-refractivity contribution in [2.45, 2.75) is 33.8 Å². The molecule has 0 spiro atoms. The maximum Gasteiger partial charge on any atom is 0.540 e. The van der Waals surface area contributed by atoms with Crippen LogP contribution in [0.15, 0.2) is 0 Å². The lowest BCUT2D eigenvalue weighted by atomic mass is 9.90. The van der Waals surface area contributed by atoms with Crippen LogP contribution in [-0.4, -0.2) is 17.5 Å². The summed E-state index contributed by atoms with van der Waals surface area (Å²) in [6, 6.07) is 0. The third-order valence-electron chi connectivity index (χ3n) is 1.57. The SMILES string of the molecule is CC(OC(=O)OO)C(C)(C)C. The molecule has 0 aromatic rings. The van der Waals surface area contributed by atoms with E-state index in [1.807, 2.05) is 20.8 Å². The Labute approximate surface area is 66.0 Å². The number of carbonyl (C=O) groups excluding carboxylic acids is 1. The minimum atomic E-state index is -1.06. The van der Waals surface area contributed by atoms with Crippen molar-refractivity contribution in [3.8, 4) is 0 Å². The Kier molecular flexibility index (Phi) is 3.32. The summed E-state index contributed by atoms with van der Waals surface area (Å²) in [6.45, 7) is 7.49. The van der Waals surface area contributed by atoms with Gasteiger partial charge in [0.05, 0.1) is 0 Å². The van der Waals surface area contributed by atoms with E-state index in [0.717, 1.165) is 0 Å². The van der Waals surface area contributed by atoms with Gasteiger partial charge in [-0.2, -0.15) is 5.26 Å². The molecule has 0 aliphatic heterocycles. The first-order valence-corrected chi connectivity index (χ1v) is 3.40. The fourth-order valence-electron chi connectivity index (χ4n) is 0.343. The molecule has 0 aromatic heterocycles. The lowest BCUT2D eigenvalue weighted by Crippen LogP contribution is -2.28. The maximum atomic E-state index is 10.4. The van der Waals surface area contributed by atoms with Crippen LogP contribution in [-0.2, 0) is 9.62 Å². The minimum Gasteiger partial charge on any atom is -0.429 e. The van der Waals surface area contributed by atoms with Crippen LogP contribution in [0.1, 0.15) is 27.7 Å². The predicted molar refractivity (Wildman–Crippen MR) is 39.1 cm³/mol. The summed E-state index contributed by atoms with van der Waals surface area (Å²) < 4.78 is 4.65. The topological polar surface area (TPSA) is 55.8 Å². The Bertz CT molecular complexity index is 136. The lowest BCUT2D eigenvalue weighted by Gasteiger charge is -2.25. The van der Waals surface area contributed by atoms with Gasteiger partial charge in [-0.3, -0.25) is 4.89 Å². The van der Waals surface area contributed by atoms with Crippen LogP contribution >= 0.6 is 0 Å². The third kappa shape index (κ3) is 3.83. The van der Waals surface area contributed by atoms with E-state index in [-0.39, 0.29) is 11.5 Å². The van der Waals surface area contributed by atoms with Gasteiger partial charge < -0.3 is 4.74 Å². The van der Waals surface area contributed by atoms with Gasteiger partial charge >= 0.3 is 6.16 Å². The van der Waals surface area contributed by atoms with Crippen molar-refractivity contribution in [2.24, 2.45) is 5.41 Å². The molecule has 66 valence electrons. The molecular formula is C7H14O4. The molecule has 1 N–H and O–H groups in total. The van der Waals surface area contributed by atoms with Crippen molar-refractivity contribution in [3.63, 3.8) is 0 Å². The van der Waals surface area contributed by atoms with Crippen molar-refractivity contribution >= 4 is 6.16 Å². The summed E-state index contributed by atoms with van der Waals surface area (Å²) in [5, 5.41) is 7.87. The smallest absolute Gasteiger partial charge is 0.429 e. The van der Waals surface area contributed by atoms with Crippen LogP contribution in [0.5, 0.6) is 0 Å². The van der Waals surface area contributed by atoms with Gasteiger partial charge in [0.1, 0.15) is 6.10 Å². The largest absolute Gasteiger partial charge is 0.540 e. The van der Waals surface area contributed by atoms with Crippen LogP contribution in [0.25, 0.3) is 0 Å². The predicted octanol–water partition coefficient (Wildman–Crippen LogP) is 2.05. The maximum absolute atomic E-state index is 10.4. The number of carbonyl (C=O) groups is 1.